The van der Waals surface area contributed by atoms with Gasteiger partial charge in [-0.15, -0.1) is 0 Å². The lowest BCUT2D eigenvalue weighted by atomic mass is 10.1. The Bertz CT molecular complexity index is 464. The lowest BCUT2D eigenvalue weighted by molar-refractivity contribution is 1.34. The number of benzene rings is 1. The molecule has 0 spiro atoms. The van der Waals surface area contributed by atoms with Crippen LogP contribution in [0.15, 0.2) is 78.1 Å². The molecule has 76 valence electrons. The fourth-order valence-electron chi connectivity index (χ4n) is 1.43. The van der Waals surface area contributed by atoms with E-state index in [4.69, 9.17) is 0 Å². The van der Waals surface area contributed by atoms with Crippen molar-refractivity contribution in [3.8, 4) is 0 Å². The fraction of sp³-hybridized carbons (Fsp3) is 0.0625. The number of hydrogen-bond donors (Lipinski definition) is 0. The Hall–Kier alpha value is -2.13. The van der Waals surface area contributed by atoms with E-state index in [0.717, 1.165) is 17.6 Å². The van der Waals surface area contributed by atoms with E-state index in [1.807, 2.05) is 42.5 Å². The van der Waals surface area contributed by atoms with Crippen LogP contribution in [0.4, 0.5) is 0 Å². The summed E-state index contributed by atoms with van der Waals surface area (Å²) in [5.74, 6) is 0. The molecule has 0 amide bonds. The van der Waals surface area contributed by atoms with Gasteiger partial charge in [-0.05, 0) is 36.8 Å². The average Bonchev–Trinajstić information content (AvgIpc) is 2.37. The van der Waals surface area contributed by atoms with Crippen molar-refractivity contribution in [3.63, 3.8) is 0 Å². The molecule has 0 radical (unpaired) electrons. The van der Waals surface area contributed by atoms with Crippen LogP contribution in [0, 0.1) is 6.08 Å². The lowest BCUT2D eigenvalue weighted by Crippen LogP contribution is -1.74. The Labute approximate surface area is 96.6 Å². The quantitative estimate of drug-likeness (QED) is 0.389. The first-order valence-corrected chi connectivity index (χ1v) is 5.38. The van der Waals surface area contributed by atoms with Crippen LogP contribution in [0.25, 0.3) is 0 Å². The second-order valence-corrected chi connectivity index (χ2v) is 3.48. The van der Waals surface area contributed by atoms with Gasteiger partial charge in [-0.3, -0.25) is 0 Å². The number of hydrogen-bond acceptors (Lipinski definition) is 0. The minimum atomic E-state index is 1.02. The van der Waals surface area contributed by atoms with E-state index in [1.54, 1.807) is 0 Å². The van der Waals surface area contributed by atoms with Crippen LogP contribution in [0.1, 0.15) is 12.0 Å². The van der Waals surface area contributed by atoms with Gasteiger partial charge >= 0.3 is 0 Å². The third kappa shape index (κ3) is 3.22. The Morgan fingerprint density at radius 1 is 1.06 bits per heavy atom. The maximum absolute atomic E-state index is 3.19. The summed E-state index contributed by atoms with van der Waals surface area (Å²) in [5, 5.41) is 0. The Morgan fingerprint density at radius 2 is 1.81 bits per heavy atom. The van der Waals surface area contributed by atoms with Crippen molar-refractivity contribution in [2.45, 2.75) is 6.42 Å². The molecule has 0 saturated carbocycles. The molecule has 0 atom stereocenters. The summed E-state index contributed by atoms with van der Waals surface area (Å²) in [4.78, 5) is 0. The highest BCUT2D eigenvalue weighted by Crippen LogP contribution is 2.05. The van der Waals surface area contributed by atoms with E-state index in [-0.39, 0.29) is 0 Å². The maximum atomic E-state index is 3.19. The first-order chi connectivity index (χ1) is 7.95. The average molecular weight is 205 g/mol. The van der Waals surface area contributed by atoms with Crippen molar-refractivity contribution in [1.29, 1.82) is 0 Å². The van der Waals surface area contributed by atoms with Crippen LogP contribution in [0.5, 0.6) is 0 Å². The molecule has 1 aromatic carbocycles. The lowest BCUT2D eigenvalue weighted by Gasteiger charge is -1.92. The summed E-state index contributed by atoms with van der Waals surface area (Å²) in [6.45, 7) is 0. The Morgan fingerprint density at radius 3 is 2.56 bits per heavy atom. The van der Waals surface area contributed by atoms with Gasteiger partial charge in [0.15, 0.2) is 0 Å². The molecule has 0 N–H and O–H groups in total. The highest BCUT2D eigenvalue weighted by Gasteiger charge is 1.90. The molecule has 0 bridgehead atoms. The summed E-state index contributed by atoms with van der Waals surface area (Å²) in [7, 11) is 0. The largest absolute Gasteiger partial charge is 0.146 e. The van der Waals surface area contributed by atoms with Crippen LogP contribution in [-0.4, -0.2) is 0 Å². The van der Waals surface area contributed by atoms with E-state index < -0.39 is 0 Å². The van der Waals surface area contributed by atoms with Gasteiger partial charge < -0.3 is 0 Å². The predicted octanol–water partition coefficient (Wildman–Crippen LogP) is 3.99. The molecule has 0 saturated heterocycles. The third-order valence-corrected chi connectivity index (χ3v) is 2.22. The fourth-order valence-corrected chi connectivity index (χ4v) is 1.43. The van der Waals surface area contributed by atoms with Gasteiger partial charge in [-0.2, -0.15) is 0 Å². The molecular formula is C16H13+. The van der Waals surface area contributed by atoms with Gasteiger partial charge in [-0.1, -0.05) is 17.9 Å². The van der Waals surface area contributed by atoms with Gasteiger partial charge in [0.25, 0.3) is 0 Å². The van der Waals surface area contributed by atoms with Gasteiger partial charge in [0, 0.05) is 23.8 Å². The molecule has 0 heterocycles. The van der Waals surface area contributed by atoms with Crippen LogP contribution in [-0.2, 0) is 0 Å². The zero-order valence-electron chi connectivity index (χ0n) is 9.06. The molecule has 0 nitrogen and oxygen atoms in total. The minimum Gasteiger partial charge on any atom is -0.0795 e. The molecule has 16 heavy (non-hydrogen) atoms. The van der Waals surface area contributed by atoms with E-state index in [0.29, 0.717) is 0 Å². The predicted molar refractivity (Wildman–Crippen MR) is 67.9 cm³/mol. The first kappa shape index (κ1) is 10.4. The summed E-state index contributed by atoms with van der Waals surface area (Å²) >= 11 is 0. The van der Waals surface area contributed by atoms with E-state index in [1.165, 1.54) is 0 Å². The van der Waals surface area contributed by atoms with Gasteiger partial charge in [0.05, 0.1) is 12.2 Å². The van der Waals surface area contributed by atoms with Crippen molar-refractivity contribution in [3.05, 3.63) is 89.7 Å². The smallest absolute Gasteiger partial charge is 0.0795 e. The molecule has 1 aliphatic rings. The van der Waals surface area contributed by atoms with Crippen molar-refractivity contribution >= 4 is 0 Å². The molecular weight excluding hydrogens is 192 g/mol. The molecule has 0 fully saturated rings. The second kappa shape index (κ2) is 5.68. The van der Waals surface area contributed by atoms with Gasteiger partial charge in [0.1, 0.15) is 5.56 Å². The standard InChI is InChI=1S/C16H13/c1-3-9-15(10-4-1)13-7-8-14-16-11-5-2-6-12-16/h1,3-12H,2H2/q+1. The van der Waals surface area contributed by atoms with E-state index in [9.17, 15) is 0 Å². The summed E-state index contributed by atoms with van der Waals surface area (Å²) in [6, 6.07) is 10.1. The SMILES string of the molecule is C(=CC=[C+]c1ccccc1)=C1C=CCC=C1. The van der Waals surface area contributed by atoms with Crippen LogP contribution >= 0.6 is 0 Å². The molecule has 0 aliphatic heterocycles. The highest BCUT2D eigenvalue weighted by atomic mass is 13.9. The van der Waals surface area contributed by atoms with Gasteiger partial charge in [-0.25, -0.2) is 0 Å². The van der Waals surface area contributed by atoms with Crippen LogP contribution < -0.4 is 0 Å². The maximum Gasteiger partial charge on any atom is 0.146 e. The zero-order valence-corrected chi connectivity index (χ0v) is 9.06. The topological polar surface area (TPSA) is 0 Å². The minimum absolute atomic E-state index is 1.02. The molecule has 0 unspecified atom stereocenters. The molecule has 0 aromatic heterocycles. The zero-order chi connectivity index (χ0) is 11.1. The number of allylic oxidation sites excluding steroid dienone is 6. The van der Waals surface area contributed by atoms with Gasteiger partial charge in [0.2, 0.25) is 0 Å². The van der Waals surface area contributed by atoms with E-state index in [2.05, 4.69) is 36.1 Å². The molecule has 0 heteroatoms. The molecule has 1 aromatic rings. The van der Waals surface area contributed by atoms with E-state index >= 15 is 0 Å². The van der Waals surface area contributed by atoms with Crippen LogP contribution in [0.2, 0.25) is 0 Å². The van der Waals surface area contributed by atoms with Crippen molar-refractivity contribution in [2.24, 2.45) is 0 Å². The molecule has 2 rings (SSSR count). The Kier molecular flexibility index (Phi) is 3.69. The summed E-state index contributed by atoms with van der Waals surface area (Å²) < 4.78 is 0. The normalized spacial score (nSPS) is 13.6. The summed E-state index contributed by atoms with van der Waals surface area (Å²) in [6.07, 6.45) is 16.4. The monoisotopic (exact) mass is 205 g/mol. The number of rotatable bonds is 2. The Balaban J connectivity index is 2.04. The van der Waals surface area contributed by atoms with Crippen molar-refractivity contribution in [2.75, 3.05) is 0 Å². The van der Waals surface area contributed by atoms with Crippen LogP contribution in [0.3, 0.4) is 0 Å². The van der Waals surface area contributed by atoms with Crippen molar-refractivity contribution < 1.29 is 0 Å². The second-order valence-electron chi connectivity index (χ2n) is 3.48. The summed E-state index contributed by atoms with van der Waals surface area (Å²) in [5.41, 5.74) is 5.38. The first-order valence-electron chi connectivity index (χ1n) is 5.38. The molecule has 1 aliphatic carbocycles. The van der Waals surface area contributed by atoms with Crippen molar-refractivity contribution in [1.82, 2.24) is 0 Å². The third-order valence-electron chi connectivity index (χ3n) is 2.22. The highest BCUT2D eigenvalue weighted by molar-refractivity contribution is 5.34.